The molecule has 0 aliphatic heterocycles. The number of hydrogen-bond acceptors (Lipinski definition) is 5. The molecule has 0 aliphatic carbocycles. The van der Waals surface area contributed by atoms with Gasteiger partial charge in [0.05, 0.1) is 13.0 Å². The summed E-state index contributed by atoms with van der Waals surface area (Å²) in [4.78, 5) is 12.6. The number of thiophene rings is 1. The first-order valence-electron chi connectivity index (χ1n) is 5.73. The predicted octanol–water partition coefficient (Wildman–Crippen LogP) is 1.58. The molecule has 1 aromatic heterocycles. The molecule has 102 valence electrons. The summed E-state index contributed by atoms with van der Waals surface area (Å²) in [5, 5.41) is 21.4. The molecule has 3 N–H and O–H groups in total. The zero-order valence-electron chi connectivity index (χ0n) is 10.5. The number of carboxylic acids is 1. The Hall–Kier alpha value is -0.560. The highest BCUT2D eigenvalue weighted by Crippen LogP contribution is 2.18. The van der Waals surface area contributed by atoms with Gasteiger partial charge in [-0.2, -0.15) is 11.8 Å². The van der Waals surface area contributed by atoms with E-state index in [2.05, 4.69) is 5.32 Å². The molecule has 6 heteroatoms. The number of carboxylic acid groups (broad SMARTS) is 1. The summed E-state index contributed by atoms with van der Waals surface area (Å²) in [7, 11) is 0. The summed E-state index contributed by atoms with van der Waals surface area (Å²) in [5.74, 6) is -0.799. The number of thioether (sulfide) groups is 1. The molecule has 2 unspecified atom stereocenters. The smallest absolute Gasteiger partial charge is 0.308 e. The molecule has 2 atom stereocenters. The Bertz CT molecular complexity index is 377. The van der Waals surface area contributed by atoms with Crippen LogP contribution >= 0.6 is 23.1 Å². The second-order valence-corrected chi connectivity index (χ2v) is 6.39. The van der Waals surface area contributed by atoms with Gasteiger partial charge in [-0.05, 0) is 25.3 Å². The third-order valence-corrected chi connectivity index (χ3v) is 4.93. The van der Waals surface area contributed by atoms with E-state index in [0.29, 0.717) is 6.54 Å². The van der Waals surface area contributed by atoms with Gasteiger partial charge in [-0.25, -0.2) is 0 Å². The number of hydrogen-bond donors (Lipinski definition) is 3. The average molecular weight is 289 g/mol. The lowest BCUT2D eigenvalue weighted by molar-refractivity contribution is -0.136. The summed E-state index contributed by atoms with van der Waals surface area (Å²) in [6.45, 7) is 2.91. The highest BCUT2D eigenvalue weighted by atomic mass is 32.2. The topological polar surface area (TPSA) is 69.6 Å². The Kier molecular flexibility index (Phi) is 6.70. The molecule has 0 fully saturated rings. The maximum absolute atomic E-state index is 10.6. The average Bonchev–Trinajstić information content (AvgIpc) is 2.75. The van der Waals surface area contributed by atoms with E-state index in [-0.39, 0.29) is 24.3 Å². The molecule has 0 aromatic carbocycles. The van der Waals surface area contributed by atoms with Gasteiger partial charge in [-0.3, -0.25) is 4.79 Å². The minimum atomic E-state index is -0.799. The molecular weight excluding hydrogens is 270 g/mol. The van der Waals surface area contributed by atoms with Crippen LogP contribution in [-0.2, 0) is 17.8 Å². The lowest BCUT2D eigenvalue weighted by Gasteiger charge is -2.20. The van der Waals surface area contributed by atoms with Crippen molar-refractivity contribution in [2.45, 2.75) is 31.2 Å². The Morgan fingerprint density at radius 2 is 2.17 bits per heavy atom. The van der Waals surface area contributed by atoms with Crippen LogP contribution in [0.4, 0.5) is 0 Å². The van der Waals surface area contributed by atoms with E-state index in [0.717, 1.165) is 9.75 Å². The Labute approximate surface area is 115 Å². The van der Waals surface area contributed by atoms with Gasteiger partial charge in [-0.1, -0.05) is 0 Å². The Balaban J connectivity index is 2.43. The first-order chi connectivity index (χ1) is 8.56. The summed E-state index contributed by atoms with van der Waals surface area (Å²) in [5.41, 5.74) is 0. The van der Waals surface area contributed by atoms with Crippen LogP contribution in [0.25, 0.3) is 0 Å². The Morgan fingerprint density at radius 3 is 2.72 bits per heavy atom. The van der Waals surface area contributed by atoms with E-state index in [9.17, 15) is 9.90 Å². The third-order valence-electron chi connectivity index (χ3n) is 2.68. The van der Waals surface area contributed by atoms with Crippen molar-refractivity contribution in [1.82, 2.24) is 5.32 Å². The minimum absolute atomic E-state index is 0.0876. The van der Waals surface area contributed by atoms with Crippen LogP contribution in [-0.4, -0.2) is 40.3 Å². The quantitative estimate of drug-likeness (QED) is 0.678. The maximum atomic E-state index is 10.6. The molecule has 0 amide bonds. The molecule has 0 spiro atoms. The third kappa shape index (κ3) is 4.97. The van der Waals surface area contributed by atoms with E-state index >= 15 is 0 Å². The molecule has 0 radical (unpaired) electrons. The van der Waals surface area contributed by atoms with Gasteiger partial charge in [0.15, 0.2) is 0 Å². The van der Waals surface area contributed by atoms with Gasteiger partial charge in [0.25, 0.3) is 0 Å². The van der Waals surface area contributed by atoms with Crippen LogP contribution in [0.5, 0.6) is 0 Å². The van der Waals surface area contributed by atoms with Crippen molar-refractivity contribution >= 4 is 29.1 Å². The molecule has 1 rings (SSSR count). The van der Waals surface area contributed by atoms with E-state index in [4.69, 9.17) is 5.11 Å². The number of nitrogens with one attached hydrogen (secondary N) is 1. The van der Waals surface area contributed by atoms with Crippen LogP contribution in [0.3, 0.4) is 0 Å². The summed E-state index contributed by atoms with van der Waals surface area (Å²) in [6, 6.07) is 4.03. The van der Waals surface area contributed by atoms with Gasteiger partial charge in [0.2, 0.25) is 0 Å². The molecule has 0 aliphatic rings. The summed E-state index contributed by atoms with van der Waals surface area (Å²) in [6.07, 6.45) is 2.07. The standard InChI is InChI=1S/C12H19NO3S2/c1-8(11(7-14)17-2)13-6-10-4-3-9(18-10)5-12(15)16/h3-4,8,11,13-14H,5-7H2,1-2H3,(H,15,16). The van der Waals surface area contributed by atoms with Gasteiger partial charge in [-0.15, -0.1) is 11.3 Å². The zero-order chi connectivity index (χ0) is 13.5. The minimum Gasteiger partial charge on any atom is -0.481 e. The second kappa shape index (κ2) is 7.78. The fourth-order valence-electron chi connectivity index (χ4n) is 1.59. The number of rotatable bonds is 8. The summed E-state index contributed by atoms with van der Waals surface area (Å²) < 4.78 is 0. The molecule has 0 bridgehead atoms. The van der Waals surface area contributed by atoms with Crippen LogP contribution in [0.2, 0.25) is 0 Å². The van der Waals surface area contributed by atoms with Crippen molar-refractivity contribution in [1.29, 1.82) is 0 Å². The van der Waals surface area contributed by atoms with Gasteiger partial charge < -0.3 is 15.5 Å². The first-order valence-corrected chi connectivity index (χ1v) is 7.83. The van der Waals surface area contributed by atoms with Crippen molar-refractivity contribution in [2.24, 2.45) is 0 Å². The fraction of sp³-hybridized carbons (Fsp3) is 0.583. The van der Waals surface area contributed by atoms with Crippen LogP contribution in [0, 0.1) is 0 Å². The highest BCUT2D eigenvalue weighted by Gasteiger charge is 2.14. The Morgan fingerprint density at radius 1 is 1.50 bits per heavy atom. The zero-order valence-corrected chi connectivity index (χ0v) is 12.2. The normalized spacial score (nSPS) is 14.4. The van der Waals surface area contributed by atoms with Crippen molar-refractivity contribution in [2.75, 3.05) is 12.9 Å². The van der Waals surface area contributed by atoms with Crippen molar-refractivity contribution in [3.63, 3.8) is 0 Å². The first kappa shape index (κ1) is 15.5. The number of aliphatic hydroxyl groups is 1. The second-order valence-electron chi connectivity index (χ2n) is 4.06. The lowest BCUT2D eigenvalue weighted by Crippen LogP contribution is -2.36. The van der Waals surface area contributed by atoms with Gasteiger partial charge in [0, 0.05) is 27.6 Å². The molecule has 0 saturated heterocycles. The molecule has 4 nitrogen and oxygen atoms in total. The number of carbonyl (C=O) groups is 1. The van der Waals surface area contributed by atoms with Crippen LogP contribution < -0.4 is 5.32 Å². The van der Waals surface area contributed by atoms with Gasteiger partial charge >= 0.3 is 5.97 Å². The molecule has 1 aromatic rings. The van der Waals surface area contributed by atoms with Crippen molar-refractivity contribution < 1.29 is 15.0 Å². The van der Waals surface area contributed by atoms with E-state index < -0.39 is 5.97 Å². The maximum Gasteiger partial charge on any atom is 0.308 e. The molecular formula is C12H19NO3S2. The molecule has 1 heterocycles. The largest absolute Gasteiger partial charge is 0.481 e. The summed E-state index contributed by atoms with van der Waals surface area (Å²) >= 11 is 3.16. The van der Waals surface area contributed by atoms with Crippen LogP contribution in [0.1, 0.15) is 16.7 Å². The van der Waals surface area contributed by atoms with Crippen molar-refractivity contribution in [3.05, 3.63) is 21.9 Å². The predicted molar refractivity (Wildman–Crippen MR) is 76.3 cm³/mol. The van der Waals surface area contributed by atoms with Crippen LogP contribution in [0.15, 0.2) is 12.1 Å². The molecule has 0 saturated carbocycles. The lowest BCUT2D eigenvalue weighted by atomic mass is 10.2. The van der Waals surface area contributed by atoms with E-state index in [1.54, 1.807) is 11.8 Å². The van der Waals surface area contributed by atoms with E-state index in [1.165, 1.54) is 11.3 Å². The highest BCUT2D eigenvalue weighted by molar-refractivity contribution is 7.99. The fourth-order valence-corrected chi connectivity index (χ4v) is 3.20. The monoisotopic (exact) mass is 289 g/mol. The van der Waals surface area contributed by atoms with Gasteiger partial charge in [0.1, 0.15) is 0 Å². The number of aliphatic carboxylic acids is 1. The SMILES string of the molecule is CSC(CO)C(C)NCc1ccc(CC(=O)O)s1. The molecule has 18 heavy (non-hydrogen) atoms. The van der Waals surface area contributed by atoms with Crippen molar-refractivity contribution in [3.8, 4) is 0 Å². The van der Waals surface area contributed by atoms with E-state index in [1.807, 2.05) is 25.3 Å². The number of aliphatic hydroxyl groups excluding tert-OH is 1.